The molecule has 3 heterocycles. The van der Waals surface area contributed by atoms with Gasteiger partial charge in [-0.3, -0.25) is 19.3 Å². The van der Waals surface area contributed by atoms with Crippen LogP contribution in [-0.2, 0) is 9.59 Å². The number of tetrazole rings is 1. The minimum absolute atomic E-state index is 0.00793. The predicted molar refractivity (Wildman–Crippen MR) is 91.2 cm³/mol. The number of aliphatic hydroxyl groups excluding tert-OH is 1. The lowest BCUT2D eigenvalue weighted by atomic mass is 10.2. The summed E-state index contributed by atoms with van der Waals surface area (Å²) >= 11 is 0. The second-order valence-electron chi connectivity index (χ2n) is 5.59. The number of aromatic amines is 1. The van der Waals surface area contributed by atoms with E-state index >= 15 is 0 Å². The first kappa shape index (κ1) is 16.6. The summed E-state index contributed by atoms with van der Waals surface area (Å²) in [6.07, 6.45) is 1.12. The number of benzene rings is 1. The fourth-order valence-corrected chi connectivity index (χ4v) is 2.71. The molecular weight excluding hydrogens is 356 g/mol. The van der Waals surface area contributed by atoms with Crippen molar-refractivity contribution in [3.63, 3.8) is 0 Å². The van der Waals surface area contributed by atoms with Crippen LogP contribution in [0.1, 0.15) is 0 Å². The van der Waals surface area contributed by atoms with Gasteiger partial charge in [0.05, 0.1) is 24.2 Å². The molecule has 136 valence electrons. The maximum absolute atomic E-state index is 12.4. The Morgan fingerprint density at radius 2 is 2.11 bits per heavy atom. The van der Waals surface area contributed by atoms with Crippen LogP contribution in [0.2, 0.25) is 0 Å². The predicted octanol–water partition coefficient (Wildman–Crippen LogP) is -0.370. The Morgan fingerprint density at radius 1 is 1.26 bits per heavy atom. The van der Waals surface area contributed by atoms with Crippen LogP contribution >= 0.6 is 0 Å². The van der Waals surface area contributed by atoms with Crippen LogP contribution in [-0.4, -0.2) is 55.6 Å². The topological polar surface area (TPSA) is 154 Å². The Morgan fingerprint density at radius 3 is 2.85 bits per heavy atom. The third-order valence-corrected chi connectivity index (χ3v) is 3.92. The summed E-state index contributed by atoms with van der Waals surface area (Å²) in [5.41, 5.74) is 0.165. The number of carbonyl (C=O) groups excluding carboxylic acids is 2. The van der Waals surface area contributed by atoms with Gasteiger partial charge in [0.25, 0.3) is 11.8 Å². The molecule has 2 amide bonds. The van der Waals surface area contributed by atoms with Crippen LogP contribution in [0.15, 0.2) is 45.3 Å². The maximum Gasteiger partial charge on any atom is 0.277 e. The summed E-state index contributed by atoms with van der Waals surface area (Å²) in [6.45, 7) is -0.443. The highest BCUT2D eigenvalue weighted by atomic mass is 16.3. The summed E-state index contributed by atoms with van der Waals surface area (Å²) in [4.78, 5) is 37.5. The van der Waals surface area contributed by atoms with Gasteiger partial charge in [-0.05, 0) is 17.3 Å². The number of nitrogens with zero attached hydrogens (tertiary/aromatic N) is 4. The van der Waals surface area contributed by atoms with E-state index in [0.717, 1.165) is 11.0 Å². The van der Waals surface area contributed by atoms with Gasteiger partial charge < -0.3 is 14.8 Å². The molecule has 1 aromatic carbocycles. The summed E-state index contributed by atoms with van der Waals surface area (Å²) < 4.78 is 5.74. The van der Waals surface area contributed by atoms with Gasteiger partial charge >= 0.3 is 0 Å². The maximum atomic E-state index is 12.4. The molecule has 0 aliphatic carbocycles. The molecule has 0 bridgehead atoms. The number of hydrogen-bond donors (Lipinski definition) is 3. The Balaban J connectivity index is 1.77. The Hall–Kier alpha value is -3.86. The number of anilines is 1. The number of nitrogens with one attached hydrogen (secondary N) is 2. The first-order valence-electron chi connectivity index (χ1n) is 7.84. The summed E-state index contributed by atoms with van der Waals surface area (Å²) in [5, 5.41) is 25.3. The minimum atomic E-state index is -0.581. The van der Waals surface area contributed by atoms with E-state index < -0.39 is 11.8 Å². The van der Waals surface area contributed by atoms with Crippen molar-refractivity contribution >= 4 is 28.5 Å². The van der Waals surface area contributed by atoms with E-state index in [1.807, 2.05) is 0 Å². The lowest BCUT2D eigenvalue weighted by molar-refractivity contribution is -0.137. The number of fused-ring (bicyclic) bond motifs is 1. The van der Waals surface area contributed by atoms with Crippen molar-refractivity contribution in [1.29, 1.82) is 0 Å². The first-order chi connectivity index (χ1) is 13.1. The Kier molecular flexibility index (Phi) is 3.97. The number of hydrogen-bond acceptors (Lipinski definition) is 9. The number of amides is 2. The lowest BCUT2D eigenvalue weighted by Crippen LogP contribution is -2.34. The molecule has 3 N–H and O–H groups in total. The molecule has 0 unspecified atom stereocenters. The average Bonchev–Trinajstić information content (AvgIpc) is 3.27. The van der Waals surface area contributed by atoms with Gasteiger partial charge in [0.1, 0.15) is 5.70 Å². The largest absolute Gasteiger partial charge is 0.450 e. The van der Waals surface area contributed by atoms with E-state index in [2.05, 4.69) is 25.9 Å². The number of β-amino-alcohol motifs (C(OH)–C–C–N with tert-alkyl or cyclic N) is 1. The molecule has 11 heteroatoms. The van der Waals surface area contributed by atoms with Gasteiger partial charge in [0.15, 0.2) is 16.8 Å². The van der Waals surface area contributed by atoms with Gasteiger partial charge in [0.2, 0.25) is 5.82 Å². The highest BCUT2D eigenvalue weighted by molar-refractivity contribution is 6.17. The molecule has 2 aromatic heterocycles. The SMILES string of the molecule is O=C1C=C(Nc2cccc3c(=O)cc(-c4nn[nH]n4)oc23)C(=O)N1CCO. The second kappa shape index (κ2) is 6.46. The van der Waals surface area contributed by atoms with E-state index in [1.165, 1.54) is 6.07 Å². The van der Waals surface area contributed by atoms with Crippen molar-refractivity contribution in [1.82, 2.24) is 25.5 Å². The molecule has 0 radical (unpaired) electrons. The van der Waals surface area contributed by atoms with Crippen molar-refractivity contribution in [2.45, 2.75) is 0 Å². The van der Waals surface area contributed by atoms with Crippen LogP contribution in [0.4, 0.5) is 5.69 Å². The Bertz CT molecular complexity index is 1130. The number of aliphatic hydroxyl groups is 1. The number of rotatable bonds is 5. The summed E-state index contributed by atoms with van der Waals surface area (Å²) in [7, 11) is 0. The van der Waals surface area contributed by atoms with Crippen molar-refractivity contribution in [3.8, 4) is 11.6 Å². The molecule has 0 saturated heterocycles. The number of H-pyrrole nitrogens is 1. The molecule has 1 aliphatic rings. The molecule has 11 nitrogen and oxygen atoms in total. The van der Waals surface area contributed by atoms with Crippen LogP contribution in [0.5, 0.6) is 0 Å². The number of carbonyl (C=O) groups is 2. The molecule has 4 rings (SSSR count). The van der Waals surface area contributed by atoms with E-state index in [1.54, 1.807) is 18.2 Å². The Labute approximate surface area is 150 Å². The highest BCUT2D eigenvalue weighted by Gasteiger charge is 2.31. The van der Waals surface area contributed by atoms with Crippen molar-refractivity contribution < 1.29 is 19.1 Å². The van der Waals surface area contributed by atoms with Gasteiger partial charge in [0, 0.05) is 12.1 Å². The number of imide groups is 1. The molecule has 0 fully saturated rings. The number of para-hydroxylation sites is 1. The van der Waals surface area contributed by atoms with Crippen molar-refractivity contribution in [2.75, 3.05) is 18.5 Å². The standard InChI is InChI=1S/C16H12N6O5/c23-5-4-22-13(25)6-10(16(22)26)17-9-3-1-2-8-11(24)7-12(27-14(8)9)15-18-20-21-19-15/h1-3,6-7,17,23H,4-5H2,(H,18,19,20,21). The van der Waals surface area contributed by atoms with Crippen LogP contribution in [0.25, 0.3) is 22.6 Å². The third-order valence-electron chi connectivity index (χ3n) is 3.92. The molecular formula is C16H12N6O5. The highest BCUT2D eigenvalue weighted by Crippen LogP contribution is 2.27. The normalized spacial score (nSPS) is 14.1. The minimum Gasteiger partial charge on any atom is -0.450 e. The van der Waals surface area contributed by atoms with Crippen LogP contribution in [0.3, 0.4) is 0 Å². The molecule has 0 saturated carbocycles. The van der Waals surface area contributed by atoms with E-state index in [0.29, 0.717) is 5.69 Å². The molecule has 0 spiro atoms. The van der Waals surface area contributed by atoms with Gasteiger partial charge in [-0.15, -0.1) is 10.2 Å². The molecule has 3 aromatic rings. The van der Waals surface area contributed by atoms with Crippen molar-refractivity contribution in [3.05, 3.63) is 46.3 Å². The summed E-state index contributed by atoms with van der Waals surface area (Å²) in [6, 6.07) is 6.02. The zero-order valence-corrected chi connectivity index (χ0v) is 13.7. The second-order valence-corrected chi connectivity index (χ2v) is 5.59. The molecule has 0 atom stereocenters. The fraction of sp³-hybridized carbons (Fsp3) is 0.125. The quantitative estimate of drug-likeness (QED) is 0.512. The van der Waals surface area contributed by atoms with E-state index in [9.17, 15) is 14.4 Å². The lowest BCUT2D eigenvalue weighted by Gasteiger charge is -2.14. The van der Waals surface area contributed by atoms with Crippen LogP contribution < -0.4 is 10.7 Å². The molecule has 27 heavy (non-hydrogen) atoms. The molecule has 1 aliphatic heterocycles. The van der Waals surface area contributed by atoms with E-state index in [-0.39, 0.29) is 46.8 Å². The van der Waals surface area contributed by atoms with Gasteiger partial charge in [-0.25, -0.2) is 0 Å². The zero-order chi connectivity index (χ0) is 19.0. The van der Waals surface area contributed by atoms with E-state index in [4.69, 9.17) is 9.52 Å². The average molecular weight is 368 g/mol. The number of aromatic nitrogens is 4. The summed E-state index contributed by atoms with van der Waals surface area (Å²) in [5.74, 6) is -0.919. The third kappa shape index (κ3) is 2.85. The van der Waals surface area contributed by atoms with Gasteiger partial charge in [-0.2, -0.15) is 5.21 Å². The van der Waals surface area contributed by atoms with Crippen LogP contribution in [0, 0.1) is 0 Å². The first-order valence-corrected chi connectivity index (χ1v) is 7.84. The monoisotopic (exact) mass is 368 g/mol. The zero-order valence-electron chi connectivity index (χ0n) is 13.7. The van der Waals surface area contributed by atoms with Gasteiger partial charge in [-0.1, -0.05) is 6.07 Å². The van der Waals surface area contributed by atoms with Crippen molar-refractivity contribution in [2.24, 2.45) is 0 Å². The fourth-order valence-electron chi connectivity index (χ4n) is 2.71. The smallest absolute Gasteiger partial charge is 0.277 e.